The topological polar surface area (TPSA) is 17.1 Å². The van der Waals surface area contributed by atoms with Gasteiger partial charge < -0.3 is 0 Å². The van der Waals surface area contributed by atoms with Gasteiger partial charge in [0, 0.05) is 5.33 Å². The second kappa shape index (κ2) is 4.63. The van der Waals surface area contributed by atoms with Gasteiger partial charge in [-0.1, -0.05) is 46.3 Å². The van der Waals surface area contributed by atoms with Gasteiger partial charge in [0.1, 0.15) is 0 Å². The molecule has 12 heavy (non-hydrogen) atoms. The Morgan fingerprint density at radius 1 is 1.42 bits per heavy atom. The first-order valence-corrected chi connectivity index (χ1v) is 5.06. The van der Waals surface area contributed by atoms with Gasteiger partial charge in [0.05, 0.1) is 5.92 Å². The Morgan fingerprint density at radius 2 is 2.00 bits per heavy atom. The number of hydrogen-bond donors (Lipinski definition) is 0. The average molecular weight is 248 g/mol. The normalized spacial score (nSPS) is 12.5. The predicted molar refractivity (Wildman–Crippen MR) is 53.8 cm³/mol. The van der Waals surface area contributed by atoms with Crippen LogP contribution in [0.15, 0.2) is 30.3 Å². The SMILES string of the molecule is O=C(Cl)C(CBr)c1ccccc1. The number of carbonyl (C=O) groups excluding carboxylic acids is 1. The quantitative estimate of drug-likeness (QED) is 0.593. The molecule has 0 bridgehead atoms. The lowest BCUT2D eigenvalue weighted by atomic mass is 10.0. The molecule has 64 valence electrons. The van der Waals surface area contributed by atoms with Crippen molar-refractivity contribution in [3.8, 4) is 0 Å². The van der Waals surface area contributed by atoms with E-state index in [1.165, 1.54) is 0 Å². The predicted octanol–water partition coefficient (Wildman–Crippen LogP) is 2.93. The highest BCUT2D eigenvalue weighted by Gasteiger charge is 2.15. The lowest BCUT2D eigenvalue weighted by Gasteiger charge is -2.07. The average Bonchev–Trinajstić information content (AvgIpc) is 2.07. The van der Waals surface area contributed by atoms with E-state index in [2.05, 4.69) is 15.9 Å². The summed E-state index contributed by atoms with van der Waals surface area (Å²) in [7, 11) is 0. The number of carbonyl (C=O) groups is 1. The molecule has 0 heterocycles. The summed E-state index contributed by atoms with van der Waals surface area (Å²) in [4.78, 5) is 10.9. The fourth-order valence-corrected chi connectivity index (χ4v) is 2.02. The minimum atomic E-state index is -0.321. The van der Waals surface area contributed by atoms with Gasteiger partial charge in [-0.2, -0.15) is 0 Å². The molecule has 0 spiro atoms. The largest absolute Gasteiger partial charge is 0.281 e. The molecule has 1 aromatic rings. The molecule has 0 radical (unpaired) electrons. The van der Waals surface area contributed by atoms with E-state index >= 15 is 0 Å². The van der Waals surface area contributed by atoms with Crippen LogP contribution < -0.4 is 0 Å². The van der Waals surface area contributed by atoms with Crippen LogP contribution >= 0.6 is 27.5 Å². The van der Waals surface area contributed by atoms with Crippen molar-refractivity contribution in [3.63, 3.8) is 0 Å². The Hall–Kier alpha value is -0.340. The van der Waals surface area contributed by atoms with Gasteiger partial charge in [-0.3, -0.25) is 4.79 Å². The zero-order chi connectivity index (χ0) is 8.97. The van der Waals surface area contributed by atoms with E-state index in [0.717, 1.165) is 5.56 Å². The van der Waals surface area contributed by atoms with Crippen molar-refractivity contribution in [2.75, 3.05) is 5.33 Å². The number of benzene rings is 1. The Balaban J connectivity index is 2.88. The van der Waals surface area contributed by atoms with Crippen molar-refractivity contribution >= 4 is 32.8 Å². The molecule has 3 heteroatoms. The highest BCUT2D eigenvalue weighted by Crippen LogP contribution is 2.20. The molecule has 1 unspecified atom stereocenters. The van der Waals surface area contributed by atoms with Crippen molar-refractivity contribution in [2.45, 2.75) is 5.92 Å². The van der Waals surface area contributed by atoms with E-state index in [1.54, 1.807) is 0 Å². The third-order valence-corrected chi connectivity index (χ3v) is 2.54. The van der Waals surface area contributed by atoms with Crippen LogP contribution in [0.1, 0.15) is 11.5 Å². The summed E-state index contributed by atoms with van der Waals surface area (Å²) in [6.07, 6.45) is 0. The summed E-state index contributed by atoms with van der Waals surface area (Å²) in [6.45, 7) is 0. The number of rotatable bonds is 3. The van der Waals surface area contributed by atoms with Crippen LogP contribution in [0.25, 0.3) is 0 Å². The molecule has 0 saturated carbocycles. The van der Waals surface area contributed by atoms with E-state index in [9.17, 15) is 4.79 Å². The van der Waals surface area contributed by atoms with E-state index in [1.807, 2.05) is 30.3 Å². The molecule has 0 amide bonds. The van der Waals surface area contributed by atoms with Crippen LogP contribution in [0.2, 0.25) is 0 Å². The van der Waals surface area contributed by atoms with E-state index in [-0.39, 0.29) is 11.2 Å². The Labute approximate surface area is 84.9 Å². The lowest BCUT2D eigenvalue weighted by molar-refractivity contribution is -0.112. The molecule has 0 aliphatic carbocycles. The first kappa shape index (κ1) is 9.75. The van der Waals surface area contributed by atoms with Crippen molar-refractivity contribution < 1.29 is 4.79 Å². The van der Waals surface area contributed by atoms with Gasteiger partial charge >= 0.3 is 0 Å². The summed E-state index contributed by atoms with van der Waals surface area (Å²) in [5, 5.41) is 0.248. The molecule has 0 aliphatic heterocycles. The molecule has 0 aliphatic rings. The summed E-state index contributed by atoms with van der Waals surface area (Å²) in [6, 6.07) is 9.49. The standard InChI is InChI=1S/C9H8BrClO/c10-6-8(9(11)12)7-4-2-1-3-5-7/h1-5,8H,6H2. The fourth-order valence-electron chi connectivity index (χ4n) is 0.966. The summed E-state index contributed by atoms with van der Waals surface area (Å²) in [5.41, 5.74) is 0.953. The van der Waals surface area contributed by atoms with Gasteiger partial charge in [-0.25, -0.2) is 0 Å². The Morgan fingerprint density at radius 3 is 2.42 bits per heavy atom. The van der Waals surface area contributed by atoms with Gasteiger partial charge in [-0.05, 0) is 17.2 Å². The van der Waals surface area contributed by atoms with Crippen molar-refractivity contribution in [1.82, 2.24) is 0 Å². The summed E-state index contributed by atoms with van der Waals surface area (Å²) < 4.78 is 0. The summed E-state index contributed by atoms with van der Waals surface area (Å²) >= 11 is 8.66. The Kier molecular flexibility index (Phi) is 3.76. The van der Waals surface area contributed by atoms with E-state index < -0.39 is 0 Å². The molecule has 0 aromatic heterocycles. The molecule has 0 fully saturated rings. The van der Waals surface area contributed by atoms with E-state index in [4.69, 9.17) is 11.6 Å². The second-order valence-corrected chi connectivity index (χ2v) is 3.44. The first-order chi connectivity index (χ1) is 5.75. The number of alkyl halides is 1. The zero-order valence-electron chi connectivity index (χ0n) is 6.34. The van der Waals surface area contributed by atoms with Gasteiger partial charge in [0.25, 0.3) is 0 Å². The minimum Gasteiger partial charge on any atom is -0.281 e. The van der Waals surface area contributed by atoms with Crippen LogP contribution in [0, 0.1) is 0 Å². The van der Waals surface area contributed by atoms with Crippen molar-refractivity contribution in [3.05, 3.63) is 35.9 Å². The molecule has 1 nitrogen and oxygen atoms in total. The smallest absolute Gasteiger partial charge is 0.229 e. The fraction of sp³-hybridized carbons (Fsp3) is 0.222. The van der Waals surface area contributed by atoms with Crippen LogP contribution in [-0.4, -0.2) is 10.6 Å². The molecule has 0 saturated heterocycles. The highest BCUT2D eigenvalue weighted by molar-refractivity contribution is 9.09. The zero-order valence-corrected chi connectivity index (χ0v) is 8.68. The molecule has 0 N–H and O–H groups in total. The van der Waals surface area contributed by atoms with Crippen LogP contribution in [0.5, 0.6) is 0 Å². The van der Waals surface area contributed by atoms with Gasteiger partial charge in [-0.15, -0.1) is 0 Å². The van der Waals surface area contributed by atoms with Gasteiger partial charge in [0.2, 0.25) is 5.24 Å². The van der Waals surface area contributed by atoms with Gasteiger partial charge in [0.15, 0.2) is 0 Å². The minimum absolute atomic E-state index is 0.229. The van der Waals surface area contributed by atoms with Crippen LogP contribution in [0.3, 0.4) is 0 Å². The number of halogens is 2. The maximum absolute atomic E-state index is 10.9. The molecule has 1 rings (SSSR count). The molecular weight excluding hydrogens is 239 g/mol. The van der Waals surface area contributed by atoms with Crippen molar-refractivity contribution in [2.24, 2.45) is 0 Å². The first-order valence-electron chi connectivity index (χ1n) is 3.56. The van der Waals surface area contributed by atoms with E-state index in [0.29, 0.717) is 5.33 Å². The highest BCUT2D eigenvalue weighted by atomic mass is 79.9. The lowest BCUT2D eigenvalue weighted by Crippen LogP contribution is -2.07. The van der Waals surface area contributed by atoms with Crippen LogP contribution in [-0.2, 0) is 4.79 Å². The maximum Gasteiger partial charge on any atom is 0.229 e. The second-order valence-electron chi connectivity index (χ2n) is 2.42. The molecular formula is C9H8BrClO. The monoisotopic (exact) mass is 246 g/mol. The maximum atomic E-state index is 10.9. The Bertz CT molecular complexity index is 260. The van der Waals surface area contributed by atoms with Crippen LogP contribution in [0.4, 0.5) is 0 Å². The van der Waals surface area contributed by atoms with Crippen molar-refractivity contribution in [1.29, 1.82) is 0 Å². The summed E-state index contributed by atoms with van der Waals surface area (Å²) in [5.74, 6) is -0.229. The molecule has 1 aromatic carbocycles. The third-order valence-electron chi connectivity index (χ3n) is 1.63. The third kappa shape index (κ3) is 2.32. The number of hydrogen-bond acceptors (Lipinski definition) is 1. The molecule has 1 atom stereocenters.